The summed E-state index contributed by atoms with van der Waals surface area (Å²) in [6.07, 6.45) is -1.70. The first-order chi connectivity index (χ1) is 18.3. The maximum atomic E-state index is 13.1. The monoisotopic (exact) mass is 500 g/mol. The molecule has 1 unspecified atom stereocenters. The summed E-state index contributed by atoms with van der Waals surface area (Å²) >= 11 is 0. The van der Waals surface area contributed by atoms with Crippen LogP contribution >= 0.6 is 7.53 Å². The molecule has 3 aromatic carbocycles. The van der Waals surface area contributed by atoms with Crippen molar-refractivity contribution < 1.29 is 20.6 Å². The SMILES string of the molecule is [2H]c1cc(Oc2cc(C(F)(F)F)ccn2)cc(-c2ccc3c4cc([2H])ccc4p(-c4ccccn4)c3c2)c1. The van der Waals surface area contributed by atoms with Gasteiger partial charge in [-0.15, -0.1) is 0 Å². The quantitative estimate of drug-likeness (QED) is 0.242. The normalized spacial score (nSPS) is 13.0. The van der Waals surface area contributed by atoms with E-state index in [9.17, 15) is 13.2 Å². The fourth-order valence-corrected chi connectivity index (χ4v) is 6.78. The Balaban J connectivity index is 1.47. The summed E-state index contributed by atoms with van der Waals surface area (Å²) in [5.74, 6) is 0.0135. The Bertz CT molecular complexity index is 1820. The van der Waals surface area contributed by atoms with Crippen molar-refractivity contribution in [3.8, 4) is 28.2 Å². The first kappa shape index (κ1) is 20.1. The molecule has 0 N–H and O–H groups in total. The highest BCUT2D eigenvalue weighted by Gasteiger charge is 2.31. The lowest BCUT2D eigenvalue weighted by Gasteiger charge is -2.10. The van der Waals surface area contributed by atoms with Gasteiger partial charge in [0.05, 0.1) is 13.7 Å². The number of ether oxygens (including phenoxy) is 1. The molecule has 0 saturated heterocycles. The van der Waals surface area contributed by atoms with E-state index in [0.717, 1.165) is 50.3 Å². The predicted octanol–water partition coefficient (Wildman–Crippen LogP) is 9.24. The number of rotatable bonds is 4. The smallest absolute Gasteiger partial charge is 0.416 e. The minimum Gasteiger partial charge on any atom is -0.439 e. The van der Waals surface area contributed by atoms with Crippen LogP contribution < -0.4 is 4.74 Å². The Labute approximate surface area is 208 Å². The molecule has 0 aliphatic carbocycles. The van der Waals surface area contributed by atoms with Gasteiger partial charge in [-0.05, 0) is 64.4 Å². The number of hydrogen-bond donors (Lipinski definition) is 0. The fourth-order valence-electron chi connectivity index (χ4n) is 4.26. The lowest BCUT2D eigenvalue weighted by atomic mass is 10.0. The minimum absolute atomic E-state index is 0.152. The van der Waals surface area contributed by atoms with E-state index in [4.69, 9.17) is 7.48 Å². The van der Waals surface area contributed by atoms with Gasteiger partial charge < -0.3 is 4.74 Å². The lowest BCUT2D eigenvalue weighted by molar-refractivity contribution is -0.137. The maximum Gasteiger partial charge on any atom is 0.416 e. The van der Waals surface area contributed by atoms with Crippen molar-refractivity contribution in [2.45, 2.75) is 6.18 Å². The van der Waals surface area contributed by atoms with Crippen LogP contribution in [0.1, 0.15) is 8.30 Å². The van der Waals surface area contributed by atoms with Gasteiger partial charge in [0.1, 0.15) is 5.75 Å². The molecule has 1 atom stereocenters. The zero-order valence-electron chi connectivity index (χ0n) is 20.6. The van der Waals surface area contributed by atoms with Crippen LogP contribution in [0.15, 0.2) is 109 Å². The van der Waals surface area contributed by atoms with Crippen LogP contribution in [-0.2, 0) is 6.18 Å². The van der Waals surface area contributed by atoms with Crippen molar-refractivity contribution in [2.24, 2.45) is 0 Å². The van der Waals surface area contributed by atoms with Gasteiger partial charge in [-0.25, -0.2) is 4.98 Å². The Morgan fingerprint density at radius 2 is 1.58 bits per heavy atom. The van der Waals surface area contributed by atoms with Gasteiger partial charge in [0.2, 0.25) is 5.88 Å². The van der Waals surface area contributed by atoms with Gasteiger partial charge in [0.25, 0.3) is 0 Å². The van der Waals surface area contributed by atoms with Crippen LogP contribution in [0.3, 0.4) is 0 Å². The standard InChI is InChI=1S/C29H18F3N2OP/c30-29(31,32)21-13-15-33-27(18-21)35-22-7-5-6-19(16-22)20-11-12-24-23-8-1-2-9-25(23)36(26(24)17-20)28-10-3-4-14-34-28/h1-18H/i1D,5D. The molecule has 0 aliphatic heterocycles. The molecule has 36 heavy (non-hydrogen) atoms. The molecule has 0 saturated carbocycles. The largest absolute Gasteiger partial charge is 0.439 e. The van der Waals surface area contributed by atoms with Crippen molar-refractivity contribution in [2.75, 3.05) is 0 Å². The van der Waals surface area contributed by atoms with Gasteiger partial charge in [0, 0.05) is 28.7 Å². The van der Waals surface area contributed by atoms with Crippen LogP contribution in [0.4, 0.5) is 13.2 Å². The molecule has 3 aromatic heterocycles. The number of benzene rings is 3. The molecule has 0 fully saturated rings. The van der Waals surface area contributed by atoms with Gasteiger partial charge in [0.15, 0.2) is 0 Å². The van der Waals surface area contributed by atoms with E-state index >= 15 is 0 Å². The summed E-state index contributed by atoms with van der Waals surface area (Å²) in [6, 6.07) is 24.6. The zero-order valence-corrected chi connectivity index (χ0v) is 19.5. The number of halogens is 3. The van der Waals surface area contributed by atoms with Gasteiger partial charge in [-0.1, -0.05) is 56.0 Å². The molecule has 0 spiro atoms. The first-order valence-corrected chi connectivity index (χ1v) is 12.4. The third-order valence-corrected chi connectivity index (χ3v) is 8.32. The number of fused-ring (bicyclic) bond motifs is 3. The summed E-state index contributed by atoms with van der Waals surface area (Å²) in [5, 5.41) is 4.29. The number of alkyl halides is 3. The average Bonchev–Trinajstić information content (AvgIpc) is 3.21. The molecular formula is C29H18F3N2OP. The van der Waals surface area contributed by atoms with Gasteiger partial charge in [-0.2, -0.15) is 13.2 Å². The Hall–Kier alpha value is -4.15. The highest BCUT2D eigenvalue weighted by atomic mass is 31.1. The topological polar surface area (TPSA) is 35.0 Å². The van der Waals surface area contributed by atoms with Crippen LogP contribution in [0.2, 0.25) is 0 Å². The van der Waals surface area contributed by atoms with Crippen LogP contribution in [0, 0.1) is 0 Å². The average molecular weight is 500 g/mol. The van der Waals surface area contributed by atoms with Crippen LogP contribution in [0.5, 0.6) is 11.6 Å². The molecule has 0 bridgehead atoms. The second-order valence-corrected chi connectivity index (χ2v) is 10.2. The highest BCUT2D eigenvalue weighted by molar-refractivity contribution is 7.67. The number of aromatic nitrogens is 2. The molecule has 176 valence electrons. The molecule has 0 aliphatic rings. The van der Waals surface area contributed by atoms with E-state index in [1.807, 2.05) is 42.5 Å². The van der Waals surface area contributed by atoms with Gasteiger partial charge in [-0.3, -0.25) is 4.98 Å². The molecule has 0 radical (unpaired) electrons. The molecule has 6 aromatic rings. The van der Waals surface area contributed by atoms with Crippen molar-refractivity contribution >= 4 is 28.5 Å². The number of hydrogen-bond acceptors (Lipinski definition) is 3. The summed E-state index contributed by atoms with van der Waals surface area (Å²) in [5.41, 5.74) is 1.62. The second kappa shape index (κ2) is 8.81. The van der Waals surface area contributed by atoms with E-state index in [2.05, 4.69) is 16.0 Å². The predicted molar refractivity (Wildman–Crippen MR) is 138 cm³/mol. The third-order valence-electron chi connectivity index (χ3n) is 5.87. The zero-order chi connectivity index (χ0) is 26.4. The molecule has 0 amide bonds. The van der Waals surface area contributed by atoms with Crippen molar-refractivity contribution in [1.29, 1.82) is 0 Å². The summed E-state index contributed by atoms with van der Waals surface area (Å²) in [4.78, 5) is 8.53. The number of pyridine rings is 2. The Morgan fingerprint density at radius 1 is 0.722 bits per heavy atom. The summed E-state index contributed by atoms with van der Waals surface area (Å²) in [7, 11) is -0.950. The fraction of sp³-hybridized carbons (Fsp3) is 0.0345. The van der Waals surface area contributed by atoms with E-state index in [1.165, 1.54) is 6.07 Å². The van der Waals surface area contributed by atoms with Crippen molar-refractivity contribution in [1.82, 2.24) is 9.97 Å². The lowest BCUT2D eigenvalue weighted by Crippen LogP contribution is -2.05. The Kier molecular flexibility index (Phi) is 4.92. The second-order valence-electron chi connectivity index (χ2n) is 8.14. The maximum absolute atomic E-state index is 13.1. The van der Waals surface area contributed by atoms with E-state index < -0.39 is 19.3 Å². The molecule has 3 heterocycles. The van der Waals surface area contributed by atoms with E-state index in [0.29, 0.717) is 11.6 Å². The molecule has 6 rings (SSSR count). The highest BCUT2D eigenvalue weighted by Crippen LogP contribution is 2.54. The van der Waals surface area contributed by atoms with Crippen LogP contribution in [-0.4, -0.2) is 9.97 Å². The first-order valence-electron chi connectivity index (χ1n) is 12.1. The van der Waals surface area contributed by atoms with Crippen LogP contribution in [0.25, 0.3) is 37.6 Å². The third kappa shape index (κ3) is 4.10. The van der Waals surface area contributed by atoms with E-state index in [1.54, 1.807) is 24.4 Å². The summed E-state index contributed by atoms with van der Waals surface area (Å²) in [6.45, 7) is 0. The van der Waals surface area contributed by atoms with E-state index in [-0.39, 0.29) is 17.7 Å². The molecule has 3 nitrogen and oxygen atoms in total. The minimum atomic E-state index is -4.52. The molecule has 7 heteroatoms. The molecular weight excluding hydrogens is 480 g/mol. The van der Waals surface area contributed by atoms with Crippen molar-refractivity contribution in [3.63, 3.8) is 0 Å². The Morgan fingerprint density at radius 3 is 2.42 bits per heavy atom. The summed E-state index contributed by atoms with van der Waals surface area (Å²) < 4.78 is 61.4. The number of nitrogens with zero attached hydrogens (tertiary/aromatic N) is 2. The van der Waals surface area contributed by atoms with Gasteiger partial charge >= 0.3 is 6.18 Å². The van der Waals surface area contributed by atoms with Crippen molar-refractivity contribution in [3.05, 3.63) is 115 Å².